The molecule has 188 valence electrons. The lowest BCUT2D eigenvalue weighted by Gasteiger charge is -2.44. The van der Waals surface area contributed by atoms with Gasteiger partial charge in [0.25, 0.3) is 6.43 Å². The number of hydrogen-bond acceptors (Lipinski definition) is 5. The molecule has 1 saturated heterocycles. The van der Waals surface area contributed by atoms with Crippen LogP contribution < -0.4 is 9.62 Å². The molecule has 3 aromatic heterocycles. The zero-order valence-electron chi connectivity index (χ0n) is 20.2. The van der Waals surface area contributed by atoms with Gasteiger partial charge in [-0.2, -0.15) is 5.10 Å². The van der Waals surface area contributed by atoms with Crippen molar-refractivity contribution in [3.05, 3.63) is 51.6 Å². The minimum absolute atomic E-state index is 0.0616. The number of fused-ring (bicyclic) bond motifs is 2. The maximum atomic E-state index is 13.4. The predicted octanol–water partition coefficient (Wildman–Crippen LogP) is 5.07. The molecule has 4 heterocycles. The second kappa shape index (κ2) is 8.85. The Balaban J connectivity index is 1.46. The highest BCUT2D eigenvalue weighted by molar-refractivity contribution is 9.10. The van der Waals surface area contributed by atoms with Gasteiger partial charge in [0, 0.05) is 25.0 Å². The number of pyridine rings is 1. The second-order valence-electron chi connectivity index (χ2n) is 10.5. The summed E-state index contributed by atoms with van der Waals surface area (Å²) in [6, 6.07) is 5.39. The summed E-state index contributed by atoms with van der Waals surface area (Å²) in [4.78, 5) is 11.5. The molecule has 0 radical (unpaired) electrons. The molecule has 0 aromatic carbocycles. The molecule has 1 N–H and O–H groups in total. The Hall–Kier alpha value is -1.98. The van der Waals surface area contributed by atoms with Crippen LogP contribution >= 0.6 is 15.9 Å². The van der Waals surface area contributed by atoms with Crippen molar-refractivity contribution in [1.82, 2.24) is 24.3 Å². The van der Waals surface area contributed by atoms with Crippen LogP contribution in [0.15, 0.2) is 29.0 Å². The molecule has 0 unspecified atom stereocenters. The molecular weight excluding hydrogens is 538 g/mol. The molecule has 1 aliphatic carbocycles. The van der Waals surface area contributed by atoms with Crippen molar-refractivity contribution in [3.63, 3.8) is 0 Å². The Morgan fingerprint density at radius 2 is 2.00 bits per heavy atom. The van der Waals surface area contributed by atoms with E-state index in [9.17, 15) is 13.0 Å². The summed E-state index contributed by atoms with van der Waals surface area (Å²) in [5.74, 6) is 0.663. The van der Waals surface area contributed by atoms with Crippen LogP contribution in [0.25, 0.3) is 5.52 Å². The molecule has 35 heavy (non-hydrogen) atoms. The Kier molecular flexibility index (Phi) is 6.24. The van der Waals surface area contributed by atoms with Crippen molar-refractivity contribution < 1.29 is 13.0 Å². The lowest BCUT2D eigenvalue weighted by atomic mass is 9.73. The van der Waals surface area contributed by atoms with Crippen LogP contribution in [-0.2, 0) is 17.4 Å². The van der Waals surface area contributed by atoms with Crippen molar-refractivity contribution in [1.29, 1.82) is 0 Å². The van der Waals surface area contributed by atoms with Gasteiger partial charge in [0.2, 0.25) is 0 Å². The van der Waals surface area contributed by atoms with Gasteiger partial charge in [-0.3, -0.25) is 4.98 Å². The number of halogens is 3. The third kappa shape index (κ3) is 4.29. The standard InChI is InChI=1S/C24H29BrF2N6OS/c1-14-20(25)33-18(12-16(30-33)21(26)27)22(29-14)32-10-7-24(8-11-32)13-17-15(6-5-9-28-17)19(24)31-35(34)23(2,3)4/h5-6,9,12,19,21,31H,7-8,10-11,13H2,1-4H3/t19-,35-/m1/s1. The highest BCUT2D eigenvalue weighted by Gasteiger charge is 2.49. The molecule has 7 nitrogen and oxygen atoms in total. The van der Waals surface area contributed by atoms with Gasteiger partial charge in [-0.25, -0.2) is 27.2 Å². The van der Waals surface area contributed by atoms with Gasteiger partial charge in [-0.15, -0.1) is 0 Å². The summed E-state index contributed by atoms with van der Waals surface area (Å²) < 4.78 is 45.1. The number of rotatable bonds is 4. The molecule has 11 heteroatoms. The van der Waals surface area contributed by atoms with E-state index in [4.69, 9.17) is 4.98 Å². The number of anilines is 1. The zero-order chi connectivity index (χ0) is 25.1. The van der Waals surface area contributed by atoms with Crippen molar-refractivity contribution in [2.24, 2.45) is 5.41 Å². The number of nitrogens with zero attached hydrogens (tertiary/aromatic N) is 5. The SMILES string of the molecule is Cc1nc(N2CCC3(CC2)Cc2ncccc2[C@H]3N[S@](=O)C(C)(C)C)c2cc(C(F)F)nn2c1Br. The largest absolute Gasteiger partial charge is 0.355 e. The fourth-order valence-electron chi connectivity index (χ4n) is 5.19. The molecule has 0 saturated carbocycles. The van der Waals surface area contributed by atoms with E-state index in [1.165, 1.54) is 10.6 Å². The first-order valence-electron chi connectivity index (χ1n) is 11.7. The number of nitrogens with one attached hydrogen (secondary N) is 1. The quantitative estimate of drug-likeness (QED) is 0.477. The van der Waals surface area contributed by atoms with Crippen LogP contribution in [0.2, 0.25) is 0 Å². The van der Waals surface area contributed by atoms with Gasteiger partial charge in [0.1, 0.15) is 15.8 Å². The number of piperidine rings is 1. The Labute approximate surface area is 214 Å². The van der Waals surface area contributed by atoms with Crippen LogP contribution in [0.4, 0.5) is 14.6 Å². The van der Waals surface area contributed by atoms with E-state index >= 15 is 0 Å². The number of aromatic nitrogens is 4. The van der Waals surface area contributed by atoms with Gasteiger partial charge in [0.15, 0.2) is 5.82 Å². The van der Waals surface area contributed by atoms with E-state index in [1.807, 2.05) is 40.0 Å². The van der Waals surface area contributed by atoms with Crippen LogP contribution in [0, 0.1) is 12.3 Å². The molecule has 0 amide bonds. The average molecular weight is 568 g/mol. The van der Waals surface area contributed by atoms with Gasteiger partial charge in [0.05, 0.1) is 27.5 Å². The molecule has 2 atom stereocenters. The predicted molar refractivity (Wildman–Crippen MR) is 136 cm³/mol. The maximum absolute atomic E-state index is 13.4. The third-order valence-electron chi connectivity index (χ3n) is 7.15. The fourth-order valence-corrected chi connectivity index (χ4v) is 6.49. The van der Waals surface area contributed by atoms with Crippen molar-refractivity contribution >= 4 is 38.3 Å². The summed E-state index contributed by atoms with van der Waals surface area (Å²) in [6.07, 6.45) is 1.65. The average Bonchev–Trinajstić information content (AvgIpc) is 3.37. The molecule has 5 rings (SSSR count). The van der Waals surface area contributed by atoms with E-state index in [-0.39, 0.29) is 21.9 Å². The van der Waals surface area contributed by atoms with Crippen LogP contribution in [0.1, 0.15) is 68.7 Å². The van der Waals surface area contributed by atoms with Crippen LogP contribution in [-0.4, -0.2) is 41.6 Å². The van der Waals surface area contributed by atoms with E-state index in [0.717, 1.165) is 30.5 Å². The first-order chi connectivity index (χ1) is 16.5. The minimum atomic E-state index is -2.65. The van der Waals surface area contributed by atoms with Gasteiger partial charge >= 0.3 is 0 Å². The monoisotopic (exact) mass is 566 g/mol. The van der Waals surface area contributed by atoms with Gasteiger partial charge in [-0.1, -0.05) is 6.07 Å². The number of hydrogen-bond donors (Lipinski definition) is 1. The Morgan fingerprint density at radius 3 is 2.66 bits per heavy atom. The lowest BCUT2D eigenvalue weighted by molar-refractivity contribution is 0.145. The molecule has 3 aromatic rings. The molecule has 1 fully saturated rings. The van der Waals surface area contributed by atoms with Crippen LogP contribution in [0.3, 0.4) is 0 Å². The summed E-state index contributed by atoms with van der Waals surface area (Å²) in [5.41, 5.74) is 3.04. The van der Waals surface area contributed by atoms with Crippen LogP contribution in [0.5, 0.6) is 0 Å². The van der Waals surface area contributed by atoms with Crippen molar-refractivity contribution in [2.45, 2.75) is 64.2 Å². The smallest absolute Gasteiger partial charge is 0.282 e. The maximum Gasteiger partial charge on any atom is 0.282 e. The Bertz CT molecular complexity index is 1300. The van der Waals surface area contributed by atoms with E-state index in [0.29, 0.717) is 34.7 Å². The number of alkyl halides is 2. The third-order valence-corrected chi connectivity index (χ3v) is 9.62. The topological polar surface area (TPSA) is 75.4 Å². The minimum Gasteiger partial charge on any atom is -0.355 e. The van der Waals surface area contributed by atoms with Crippen molar-refractivity contribution in [2.75, 3.05) is 18.0 Å². The zero-order valence-corrected chi connectivity index (χ0v) is 22.6. The summed E-state index contributed by atoms with van der Waals surface area (Å²) in [6.45, 7) is 9.15. The first kappa shape index (κ1) is 24.7. The first-order valence-corrected chi connectivity index (χ1v) is 13.7. The molecule has 0 bridgehead atoms. The highest BCUT2D eigenvalue weighted by atomic mass is 79.9. The molecular formula is C24H29BrF2N6OS. The highest BCUT2D eigenvalue weighted by Crippen LogP contribution is 2.52. The van der Waals surface area contributed by atoms with E-state index < -0.39 is 17.4 Å². The number of aryl methyl sites for hydroxylation is 1. The lowest BCUT2D eigenvalue weighted by Crippen LogP contribution is -2.48. The summed E-state index contributed by atoms with van der Waals surface area (Å²) in [7, 11) is -1.22. The molecule has 2 aliphatic rings. The van der Waals surface area contributed by atoms with Gasteiger partial charge < -0.3 is 4.90 Å². The normalized spacial score (nSPS) is 20.7. The van der Waals surface area contributed by atoms with Gasteiger partial charge in [-0.05, 0) is 86.0 Å². The second-order valence-corrected chi connectivity index (χ2v) is 13.2. The van der Waals surface area contributed by atoms with Crippen molar-refractivity contribution in [3.8, 4) is 0 Å². The molecule has 1 spiro atoms. The summed E-state index contributed by atoms with van der Waals surface area (Å²) in [5, 5.41) is 4.09. The molecule has 1 aliphatic heterocycles. The van der Waals surface area contributed by atoms with E-state index in [1.54, 1.807) is 0 Å². The fraction of sp³-hybridized carbons (Fsp3) is 0.542. The summed E-state index contributed by atoms with van der Waals surface area (Å²) >= 11 is 3.44. The van der Waals surface area contributed by atoms with E-state index in [2.05, 4.69) is 41.7 Å². The Morgan fingerprint density at radius 1 is 1.29 bits per heavy atom.